The molecular weight excluding hydrogens is 244 g/mol. The molecular formula is C12H9F2NOS. The van der Waals surface area contributed by atoms with Crippen LogP contribution in [0.2, 0.25) is 0 Å². The van der Waals surface area contributed by atoms with Crippen LogP contribution in [-0.4, -0.2) is 5.78 Å². The van der Waals surface area contributed by atoms with Crippen molar-refractivity contribution >= 4 is 22.8 Å². The molecule has 0 fully saturated rings. The summed E-state index contributed by atoms with van der Waals surface area (Å²) in [6.07, 6.45) is 0. The fourth-order valence-electron chi connectivity index (χ4n) is 1.46. The van der Waals surface area contributed by atoms with E-state index in [1.165, 1.54) is 11.3 Å². The van der Waals surface area contributed by atoms with Crippen LogP contribution < -0.4 is 5.73 Å². The number of hydrogen-bond donors (Lipinski definition) is 1. The van der Waals surface area contributed by atoms with Gasteiger partial charge in [0.1, 0.15) is 5.82 Å². The molecule has 0 saturated heterocycles. The zero-order valence-corrected chi connectivity index (χ0v) is 9.78. The van der Waals surface area contributed by atoms with Crippen LogP contribution in [0.1, 0.15) is 20.1 Å². The van der Waals surface area contributed by atoms with E-state index in [1.54, 1.807) is 12.1 Å². The molecule has 0 aliphatic carbocycles. The van der Waals surface area contributed by atoms with Gasteiger partial charge in [-0.3, -0.25) is 4.79 Å². The van der Waals surface area contributed by atoms with Gasteiger partial charge in [0.15, 0.2) is 5.82 Å². The molecule has 2 aromatic rings. The number of carbonyl (C=O) groups excluding carboxylic acids is 1. The van der Waals surface area contributed by atoms with Crippen LogP contribution in [-0.2, 0) is 0 Å². The number of nitrogens with two attached hydrogens (primary N) is 1. The van der Waals surface area contributed by atoms with Crippen molar-refractivity contribution in [3.63, 3.8) is 0 Å². The summed E-state index contributed by atoms with van der Waals surface area (Å²) in [6, 6.07) is 5.36. The number of halogens is 2. The Labute approximate surface area is 101 Å². The molecule has 17 heavy (non-hydrogen) atoms. The Kier molecular flexibility index (Phi) is 2.93. The monoisotopic (exact) mass is 253 g/mol. The van der Waals surface area contributed by atoms with Gasteiger partial charge in [-0.25, -0.2) is 8.78 Å². The zero-order chi connectivity index (χ0) is 12.6. The molecule has 2 rings (SSSR count). The van der Waals surface area contributed by atoms with Crippen LogP contribution in [0.4, 0.5) is 14.5 Å². The van der Waals surface area contributed by atoms with Gasteiger partial charge in [0.05, 0.1) is 16.1 Å². The van der Waals surface area contributed by atoms with Gasteiger partial charge in [0, 0.05) is 4.88 Å². The van der Waals surface area contributed by atoms with E-state index in [9.17, 15) is 13.6 Å². The van der Waals surface area contributed by atoms with Crippen LogP contribution in [0.15, 0.2) is 24.3 Å². The molecule has 0 radical (unpaired) electrons. The molecule has 0 bridgehead atoms. The van der Waals surface area contributed by atoms with Gasteiger partial charge in [-0.05, 0) is 31.2 Å². The minimum atomic E-state index is -0.999. The van der Waals surface area contributed by atoms with Gasteiger partial charge in [-0.1, -0.05) is 0 Å². The first kappa shape index (κ1) is 11.7. The summed E-state index contributed by atoms with van der Waals surface area (Å²) in [5.41, 5.74) is 4.50. The van der Waals surface area contributed by atoms with Crippen molar-refractivity contribution < 1.29 is 13.6 Å². The Morgan fingerprint density at radius 2 is 1.94 bits per heavy atom. The Balaban J connectivity index is 2.54. The lowest BCUT2D eigenvalue weighted by atomic mass is 10.1. The van der Waals surface area contributed by atoms with Gasteiger partial charge in [0.2, 0.25) is 5.78 Å². The maximum atomic E-state index is 13.6. The third-order valence-electron chi connectivity index (χ3n) is 2.31. The number of rotatable bonds is 2. The van der Waals surface area contributed by atoms with Crippen molar-refractivity contribution in [1.82, 2.24) is 0 Å². The molecule has 0 atom stereocenters. The van der Waals surface area contributed by atoms with E-state index in [0.717, 1.165) is 17.0 Å². The predicted octanol–water partition coefficient (Wildman–Crippen LogP) is 3.15. The van der Waals surface area contributed by atoms with E-state index >= 15 is 0 Å². The number of benzene rings is 1. The van der Waals surface area contributed by atoms with Gasteiger partial charge in [0.25, 0.3) is 0 Å². The van der Waals surface area contributed by atoms with Crippen LogP contribution >= 0.6 is 11.3 Å². The molecule has 1 heterocycles. The number of carbonyl (C=O) groups is 1. The lowest BCUT2D eigenvalue weighted by Crippen LogP contribution is -2.08. The van der Waals surface area contributed by atoms with Gasteiger partial charge < -0.3 is 5.73 Å². The molecule has 0 spiro atoms. The molecule has 2 N–H and O–H groups in total. The van der Waals surface area contributed by atoms with E-state index in [0.29, 0.717) is 4.88 Å². The summed E-state index contributed by atoms with van der Waals surface area (Å²) in [4.78, 5) is 13.1. The van der Waals surface area contributed by atoms with E-state index in [-0.39, 0.29) is 5.69 Å². The average molecular weight is 253 g/mol. The lowest BCUT2D eigenvalue weighted by Gasteiger charge is -2.04. The Morgan fingerprint density at radius 3 is 2.53 bits per heavy atom. The normalized spacial score (nSPS) is 10.5. The minimum Gasteiger partial charge on any atom is -0.396 e. The molecule has 0 saturated carbocycles. The van der Waals surface area contributed by atoms with E-state index < -0.39 is 23.0 Å². The molecule has 0 aliphatic heterocycles. The second-order valence-electron chi connectivity index (χ2n) is 3.57. The van der Waals surface area contributed by atoms with Crippen LogP contribution in [0, 0.1) is 18.6 Å². The van der Waals surface area contributed by atoms with Gasteiger partial charge >= 0.3 is 0 Å². The van der Waals surface area contributed by atoms with Crippen molar-refractivity contribution in [1.29, 1.82) is 0 Å². The fraction of sp³-hybridized carbons (Fsp3) is 0.0833. The standard InChI is InChI=1S/C12H9F2NOS/c1-6-2-5-9(17-6)12(16)10-7(13)3-4-8(15)11(10)14/h2-5H,15H2,1H3. The van der Waals surface area contributed by atoms with E-state index in [2.05, 4.69) is 0 Å². The number of ketones is 1. The smallest absolute Gasteiger partial charge is 0.208 e. The van der Waals surface area contributed by atoms with Crippen molar-refractivity contribution in [2.24, 2.45) is 0 Å². The topological polar surface area (TPSA) is 43.1 Å². The average Bonchev–Trinajstić information content (AvgIpc) is 2.71. The Morgan fingerprint density at radius 1 is 1.24 bits per heavy atom. The molecule has 1 aromatic heterocycles. The second kappa shape index (κ2) is 4.25. The number of nitrogen functional groups attached to an aromatic ring is 1. The summed E-state index contributed by atoms with van der Waals surface area (Å²) in [6.45, 7) is 1.81. The maximum Gasteiger partial charge on any atom is 0.208 e. The SMILES string of the molecule is Cc1ccc(C(=O)c2c(F)ccc(N)c2F)s1. The molecule has 0 unspecified atom stereocenters. The largest absolute Gasteiger partial charge is 0.396 e. The number of aryl methyl sites for hydroxylation is 1. The predicted molar refractivity (Wildman–Crippen MR) is 63.3 cm³/mol. The van der Waals surface area contributed by atoms with Crippen molar-refractivity contribution in [2.75, 3.05) is 5.73 Å². The molecule has 5 heteroatoms. The molecule has 0 amide bonds. The van der Waals surface area contributed by atoms with E-state index in [1.807, 2.05) is 6.92 Å². The highest BCUT2D eigenvalue weighted by atomic mass is 32.1. The summed E-state index contributed by atoms with van der Waals surface area (Å²) >= 11 is 1.19. The zero-order valence-electron chi connectivity index (χ0n) is 8.96. The highest BCUT2D eigenvalue weighted by Crippen LogP contribution is 2.25. The summed E-state index contributed by atoms with van der Waals surface area (Å²) in [7, 11) is 0. The van der Waals surface area contributed by atoms with E-state index in [4.69, 9.17) is 5.73 Å². The van der Waals surface area contributed by atoms with Crippen molar-refractivity contribution in [3.05, 3.63) is 51.2 Å². The summed E-state index contributed by atoms with van der Waals surface area (Å²) < 4.78 is 27.1. The number of hydrogen-bond acceptors (Lipinski definition) is 3. The maximum absolute atomic E-state index is 13.6. The first-order chi connectivity index (χ1) is 8.00. The Hall–Kier alpha value is -1.75. The van der Waals surface area contributed by atoms with Gasteiger partial charge in [-0.2, -0.15) is 0 Å². The molecule has 0 aliphatic rings. The van der Waals surface area contributed by atoms with Crippen LogP contribution in [0.25, 0.3) is 0 Å². The molecule has 1 aromatic carbocycles. The highest BCUT2D eigenvalue weighted by Gasteiger charge is 2.21. The third-order valence-corrected chi connectivity index (χ3v) is 3.31. The van der Waals surface area contributed by atoms with Crippen LogP contribution in [0.5, 0.6) is 0 Å². The molecule has 2 nitrogen and oxygen atoms in total. The van der Waals surface area contributed by atoms with Crippen LogP contribution in [0.3, 0.4) is 0 Å². The minimum absolute atomic E-state index is 0.233. The first-order valence-electron chi connectivity index (χ1n) is 4.85. The summed E-state index contributed by atoms with van der Waals surface area (Å²) in [5.74, 6) is -2.57. The van der Waals surface area contributed by atoms with Crippen molar-refractivity contribution in [2.45, 2.75) is 6.92 Å². The second-order valence-corrected chi connectivity index (χ2v) is 4.85. The Bertz CT molecular complexity index is 592. The highest BCUT2D eigenvalue weighted by molar-refractivity contribution is 7.14. The first-order valence-corrected chi connectivity index (χ1v) is 5.67. The van der Waals surface area contributed by atoms with Gasteiger partial charge in [-0.15, -0.1) is 11.3 Å². The molecule has 88 valence electrons. The number of anilines is 1. The summed E-state index contributed by atoms with van der Waals surface area (Å²) in [5, 5.41) is 0. The van der Waals surface area contributed by atoms with Crippen molar-refractivity contribution in [3.8, 4) is 0 Å². The quantitative estimate of drug-likeness (QED) is 0.660. The third kappa shape index (κ3) is 2.06. The number of thiophene rings is 1. The lowest BCUT2D eigenvalue weighted by molar-refractivity contribution is 0.103. The fourth-order valence-corrected chi connectivity index (χ4v) is 2.27.